The van der Waals surface area contributed by atoms with Crippen LogP contribution in [0.25, 0.3) is 0 Å². The molecular formula is C17H28O2. The molecule has 0 heterocycles. The van der Waals surface area contributed by atoms with Crippen LogP contribution in [-0.4, -0.2) is 12.6 Å². The van der Waals surface area contributed by atoms with Crippen molar-refractivity contribution in [2.75, 3.05) is 6.61 Å². The molecule has 1 atom stereocenters. The summed E-state index contributed by atoms with van der Waals surface area (Å²) in [5, 5.41) is 0. The average molecular weight is 264 g/mol. The molecule has 1 unspecified atom stereocenters. The molecule has 0 aromatic heterocycles. The molecule has 0 N–H and O–H groups in total. The summed E-state index contributed by atoms with van der Waals surface area (Å²) in [4.78, 5) is 11.4. The van der Waals surface area contributed by atoms with E-state index in [1.54, 1.807) is 6.08 Å². The number of hydrogen-bond acceptors (Lipinski definition) is 2. The number of carbonyl (C=O) groups is 1. The van der Waals surface area contributed by atoms with Gasteiger partial charge in [0.2, 0.25) is 0 Å². The average Bonchev–Trinajstić information content (AvgIpc) is 2.27. The predicted molar refractivity (Wildman–Crippen MR) is 79.9 cm³/mol. The molecule has 108 valence electrons. The third-order valence-electron chi connectivity index (χ3n) is 4.23. The Labute approximate surface area is 117 Å². The molecule has 0 saturated carbocycles. The largest absolute Gasteiger partial charge is 0.463 e. The first-order valence-electron chi connectivity index (χ1n) is 7.37. The van der Waals surface area contributed by atoms with Gasteiger partial charge in [-0.1, -0.05) is 31.1 Å². The topological polar surface area (TPSA) is 26.3 Å². The second kappa shape index (κ2) is 6.93. The van der Waals surface area contributed by atoms with E-state index in [2.05, 4.69) is 26.8 Å². The molecule has 0 spiro atoms. The summed E-state index contributed by atoms with van der Waals surface area (Å²) >= 11 is 0. The van der Waals surface area contributed by atoms with E-state index in [4.69, 9.17) is 4.74 Å². The fourth-order valence-corrected chi connectivity index (χ4v) is 3.05. The summed E-state index contributed by atoms with van der Waals surface area (Å²) in [6.07, 6.45) is 8.57. The van der Waals surface area contributed by atoms with Crippen molar-refractivity contribution < 1.29 is 9.53 Å². The summed E-state index contributed by atoms with van der Waals surface area (Å²) in [5.41, 5.74) is 3.01. The van der Waals surface area contributed by atoms with Gasteiger partial charge in [0.25, 0.3) is 0 Å². The monoisotopic (exact) mass is 264 g/mol. The van der Waals surface area contributed by atoms with Gasteiger partial charge in [0.15, 0.2) is 0 Å². The quantitative estimate of drug-likeness (QED) is 0.410. The Kier molecular flexibility index (Phi) is 5.84. The number of esters is 1. The highest BCUT2D eigenvalue weighted by atomic mass is 16.5. The van der Waals surface area contributed by atoms with Gasteiger partial charge in [0.1, 0.15) is 0 Å². The van der Waals surface area contributed by atoms with Crippen molar-refractivity contribution in [2.24, 2.45) is 11.3 Å². The van der Waals surface area contributed by atoms with Crippen molar-refractivity contribution in [1.82, 2.24) is 0 Å². The van der Waals surface area contributed by atoms with Gasteiger partial charge in [0.05, 0.1) is 6.61 Å². The molecule has 1 aliphatic carbocycles. The minimum absolute atomic E-state index is 0.213. The number of ether oxygens (including phenoxy) is 1. The Morgan fingerprint density at radius 2 is 2.21 bits per heavy atom. The van der Waals surface area contributed by atoms with Crippen LogP contribution >= 0.6 is 0 Å². The van der Waals surface area contributed by atoms with E-state index in [1.807, 2.05) is 13.8 Å². The van der Waals surface area contributed by atoms with E-state index in [0.29, 0.717) is 17.9 Å². The normalized spacial score (nSPS) is 22.9. The van der Waals surface area contributed by atoms with Crippen LogP contribution in [-0.2, 0) is 9.53 Å². The standard InChI is InChI=1S/C17H28O2/c1-6-19-16(18)12-13(2)9-10-15-14(3)8-7-11-17(15,4)5/h8,12,15H,6-7,9-11H2,1-5H3/b13-12+. The zero-order valence-corrected chi connectivity index (χ0v) is 13.1. The Bertz CT molecular complexity index is 375. The maximum absolute atomic E-state index is 11.4. The van der Waals surface area contributed by atoms with Gasteiger partial charge in [-0.2, -0.15) is 0 Å². The molecule has 0 bridgehead atoms. The van der Waals surface area contributed by atoms with Gasteiger partial charge in [0, 0.05) is 6.08 Å². The lowest BCUT2D eigenvalue weighted by atomic mass is 9.67. The van der Waals surface area contributed by atoms with Crippen LogP contribution in [0.3, 0.4) is 0 Å². The molecule has 0 aromatic rings. The lowest BCUT2D eigenvalue weighted by Crippen LogP contribution is -2.27. The van der Waals surface area contributed by atoms with Gasteiger partial charge < -0.3 is 4.74 Å². The first-order valence-corrected chi connectivity index (χ1v) is 7.37. The van der Waals surface area contributed by atoms with E-state index in [1.165, 1.54) is 18.4 Å². The fraction of sp³-hybridized carbons (Fsp3) is 0.706. The fourth-order valence-electron chi connectivity index (χ4n) is 3.05. The summed E-state index contributed by atoms with van der Waals surface area (Å²) in [7, 11) is 0. The van der Waals surface area contributed by atoms with E-state index in [-0.39, 0.29) is 5.97 Å². The van der Waals surface area contributed by atoms with Crippen LogP contribution < -0.4 is 0 Å². The van der Waals surface area contributed by atoms with Crippen LogP contribution in [0.1, 0.15) is 60.3 Å². The van der Waals surface area contributed by atoms with Crippen molar-refractivity contribution in [3.63, 3.8) is 0 Å². The maximum atomic E-state index is 11.4. The van der Waals surface area contributed by atoms with Gasteiger partial charge in [-0.05, 0) is 57.8 Å². The molecule has 0 amide bonds. The van der Waals surface area contributed by atoms with Crippen LogP contribution in [0.4, 0.5) is 0 Å². The molecule has 1 aliphatic rings. The van der Waals surface area contributed by atoms with Gasteiger partial charge in [-0.25, -0.2) is 4.79 Å². The van der Waals surface area contributed by atoms with Crippen molar-refractivity contribution in [3.05, 3.63) is 23.3 Å². The van der Waals surface area contributed by atoms with E-state index in [9.17, 15) is 4.79 Å². The summed E-state index contributed by atoms with van der Waals surface area (Å²) in [6, 6.07) is 0. The summed E-state index contributed by atoms with van der Waals surface area (Å²) < 4.78 is 4.94. The molecule has 0 fully saturated rings. The molecule has 0 aromatic carbocycles. The first-order chi connectivity index (χ1) is 8.86. The van der Waals surface area contributed by atoms with Gasteiger partial charge in [-0.3, -0.25) is 0 Å². The lowest BCUT2D eigenvalue weighted by Gasteiger charge is -2.38. The van der Waals surface area contributed by atoms with Crippen molar-refractivity contribution in [3.8, 4) is 0 Å². The van der Waals surface area contributed by atoms with Crippen molar-refractivity contribution in [1.29, 1.82) is 0 Å². The van der Waals surface area contributed by atoms with Crippen LogP contribution in [0.2, 0.25) is 0 Å². The van der Waals surface area contributed by atoms with Crippen LogP contribution in [0, 0.1) is 11.3 Å². The highest BCUT2D eigenvalue weighted by molar-refractivity contribution is 5.82. The Hall–Kier alpha value is -1.05. The van der Waals surface area contributed by atoms with E-state index in [0.717, 1.165) is 18.4 Å². The molecule has 19 heavy (non-hydrogen) atoms. The first kappa shape index (κ1) is 16.0. The van der Waals surface area contributed by atoms with Crippen LogP contribution in [0.15, 0.2) is 23.3 Å². The van der Waals surface area contributed by atoms with Crippen molar-refractivity contribution in [2.45, 2.75) is 60.3 Å². The van der Waals surface area contributed by atoms with Gasteiger partial charge >= 0.3 is 5.97 Å². The number of carbonyl (C=O) groups excluding carboxylic acids is 1. The zero-order valence-electron chi connectivity index (χ0n) is 13.1. The minimum Gasteiger partial charge on any atom is -0.463 e. The summed E-state index contributed by atoms with van der Waals surface area (Å²) in [5.74, 6) is 0.418. The molecule has 2 nitrogen and oxygen atoms in total. The highest BCUT2D eigenvalue weighted by Gasteiger charge is 2.32. The number of allylic oxidation sites excluding steroid dienone is 3. The Balaban J connectivity index is 2.58. The van der Waals surface area contributed by atoms with Crippen LogP contribution in [0.5, 0.6) is 0 Å². The SMILES string of the molecule is CCOC(=O)/C=C(\C)CCC1C(C)=CCCC1(C)C. The molecule has 2 heteroatoms. The molecule has 0 aliphatic heterocycles. The third-order valence-corrected chi connectivity index (χ3v) is 4.23. The number of rotatable bonds is 5. The highest BCUT2D eigenvalue weighted by Crippen LogP contribution is 2.43. The summed E-state index contributed by atoms with van der Waals surface area (Å²) in [6.45, 7) is 11.3. The molecule has 0 saturated heterocycles. The Morgan fingerprint density at radius 1 is 1.53 bits per heavy atom. The second-order valence-electron chi connectivity index (χ2n) is 6.31. The van der Waals surface area contributed by atoms with Crippen molar-refractivity contribution >= 4 is 5.97 Å². The van der Waals surface area contributed by atoms with E-state index < -0.39 is 0 Å². The maximum Gasteiger partial charge on any atom is 0.330 e. The second-order valence-corrected chi connectivity index (χ2v) is 6.31. The lowest BCUT2D eigenvalue weighted by molar-refractivity contribution is -0.137. The third kappa shape index (κ3) is 4.85. The minimum atomic E-state index is -0.213. The zero-order chi connectivity index (χ0) is 14.5. The number of hydrogen-bond donors (Lipinski definition) is 0. The smallest absolute Gasteiger partial charge is 0.330 e. The van der Waals surface area contributed by atoms with Gasteiger partial charge in [-0.15, -0.1) is 0 Å². The Morgan fingerprint density at radius 3 is 2.79 bits per heavy atom. The molecular weight excluding hydrogens is 236 g/mol. The molecule has 0 radical (unpaired) electrons. The predicted octanol–water partition coefficient (Wildman–Crippen LogP) is 4.66. The molecule has 1 rings (SSSR count). The van der Waals surface area contributed by atoms with E-state index >= 15 is 0 Å².